The Balaban J connectivity index is 1.93. The van der Waals surface area contributed by atoms with Crippen LogP contribution >= 0.6 is 11.6 Å². The van der Waals surface area contributed by atoms with Gasteiger partial charge in [-0.25, -0.2) is 9.07 Å². The van der Waals surface area contributed by atoms with Crippen LogP contribution in [0.15, 0.2) is 23.0 Å². The zero-order valence-corrected chi connectivity index (χ0v) is 15.4. The Morgan fingerprint density at radius 3 is 2.74 bits per heavy atom. The lowest BCUT2D eigenvalue weighted by Crippen LogP contribution is -2.37. The summed E-state index contributed by atoms with van der Waals surface area (Å²) in [6.45, 7) is 2.66. The minimum Gasteiger partial charge on any atom is -0.505 e. The van der Waals surface area contributed by atoms with E-state index >= 15 is 0 Å². The van der Waals surface area contributed by atoms with Crippen molar-refractivity contribution in [2.45, 2.75) is 20.0 Å². The molecule has 1 aromatic carbocycles. The van der Waals surface area contributed by atoms with Crippen molar-refractivity contribution < 1.29 is 14.3 Å². The number of nitrogens with zero attached hydrogens (tertiary/aromatic N) is 4. The normalized spacial score (nSPS) is 14.1. The molecule has 7 nitrogen and oxygen atoms in total. The summed E-state index contributed by atoms with van der Waals surface area (Å²) >= 11 is 6.05. The first-order valence-electron chi connectivity index (χ1n) is 8.32. The second kappa shape index (κ2) is 6.09. The first-order valence-corrected chi connectivity index (χ1v) is 8.69. The molecule has 0 radical (unpaired) electrons. The quantitative estimate of drug-likeness (QED) is 0.727. The van der Waals surface area contributed by atoms with E-state index in [4.69, 9.17) is 11.6 Å². The van der Waals surface area contributed by atoms with E-state index in [0.717, 1.165) is 10.7 Å². The molecule has 140 valence electrons. The van der Waals surface area contributed by atoms with Gasteiger partial charge in [0.05, 0.1) is 17.8 Å². The highest BCUT2D eigenvalue weighted by Crippen LogP contribution is 2.33. The summed E-state index contributed by atoms with van der Waals surface area (Å²) in [6.07, 6.45) is 0. The fraction of sp³-hybridized carbons (Fsp3) is 0.278. The molecule has 0 fully saturated rings. The molecule has 0 aliphatic carbocycles. The molecule has 1 amide bonds. The monoisotopic (exact) mass is 390 g/mol. The lowest BCUT2D eigenvalue weighted by Gasteiger charge is -2.25. The highest BCUT2D eigenvalue weighted by molar-refractivity contribution is 6.31. The minimum atomic E-state index is -0.536. The van der Waals surface area contributed by atoms with Crippen LogP contribution in [0.25, 0.3) is 10.9 Å². The first-order chi connectivity index (χ1) is 12.8. The molecule has 3 heterocycles. The van der Waals surface area contributed by atoms with Crippen molar-refractivity contribution in [3.63, 3.8) is 0 Å². The van der Waals surface area contributed by atoms with Crippen molar-refractivity contribution in [1.29, 1.82) is 0 Å². The summed E-state index contributed by atoms with van der Waals surface area (Å²) in [5, 5.41) is 15.2. The summed E-state index contributed by atoms with van der Waals surface area (Å²) in [6, 6.07) is 3.89. The van der Waals surface area contributed by atoms with Crippen LogP contribution in [0.4, 0.5) is 4.39 Å². The van der Waals surface area contributed by atoms with Gasteiger partial charge in [0.25, 0.3) is 11.5 Å². The van der Waals surface area contributed by atoms with E-state index in [1.807, 2.05) is 0 Å². The van der Waals surface area contributed by atoms with Crippen LogP contribution in [0.5, 0.6) is 5.75 Å². The van der Waals surface area contributed by atoms with Crippen molar-refractivity contribution in [2.75, 3.05) is 13.6 Å². The lowest BCUT2D eigenvalue weighted by atomic mass is 10.2. The number of carbonyl (C=O) groups is 1. The third kappa shape index (κ3) is 2.59. The maximum atomic E-state index is 13.2. The molecular weight excluding hydrogens is 375 g/mol. The molecule has 0 unspecified atom stereocenters. The molecule has 1 N–H and O–H groups in total. The SMILES string of the molecule is Cc1nn(Cc2ccc(F)cc2Cl)c(=O)c2c(O)c3n(c12)CCN(C)C3=O. The lowest BCUT2D eigenvalue weighted by molar-refractivity contribution is 0.0747. The summed E-state index contributed by atoms with van der Waals surface area (Å²) in [5.74, 6) is -1.16. The predicted octanol–water partition coefficient (Wildman–Crippen LogP) is 2.14. The van der Waals surface area contributed by atoms with Crippen LogP contribution in [0.2, 0.25) is 5.02 Å². The average molecular weight is 391 g/mol. The molecule has 0 saturated carbocycles. The topological polar surface area (TPSA) is 80.4 Å². The van der Waals surface area contributed by atoms with Crippen molar-refractivity contribution >= 4 is 28.4 Å². The van der Waals surface area contributed by atoms with Crippen molar-refractivity contribution in [3.8, 4) is 5.75 Å². The van der Waals surface area contributed by atoms with Gasteiger partial charge < -0.3 is 14.6 Å². The zero-order valence-electron chi connectivity index (χ0n) is 14.7. The number of aromatic hydroxyl groups is 1. The number of hydrogen-bond acceptors (Lipinski definition) is 4. The molecule has 3 aromatic rings. The summed E-state index contributed by atoms with van der Waals surface area (Å²) in [4.78, 5) is 26.9. The van der Waals surface area contributed by atoms with Crippen molar-refractivity contribution in [1.82, 2.24) is 19.2 Å². The number of benzene rings is 1. The van der Waals surface area contributed by atoms with E-state index in [9.17, 15) is 19.1 Å². The Hall–Kier alpha value is -2.87. The van der Waals surface area contributed by atoms with Gasteiger partial charge in [-0.3, -0.25) is 9.59 Å². The standard InChI is InChI=1S/C18H16ClFN4O3/c1-9-14-13(16(25)15-18(27)22(2)5-6-23(14)15)17(26)24(21-9)8-10-3-4-11(20)7-12(10)19/h3-4,7,25H,5-6,8H2,1-2H3. The molecule has 0 saturated heterocycles. The van der Waals surface area contributed by atoms with Gasteiger partial charge in [-0.15, -0.1) is 0 Å². The number of halogens is 2. The molecule has 4 rings (SSSR count). The molecule has 1 aliphatic heterocycles. The number of carbonyl (C=O) groups excluding carboxylic acids is 1. The van der Waals surface area contributed by atoms with E-state index in [1.165, 1.54) is 17.0 Å². The van der Waals surface area contributed by atoms with E-state index in [-0.39, 0.29) is 34.3 Å². The minimum absolute atomic E-state index is 0.0164. The van der Waals surface area contributed by atoms with Gasteiger partial charge in [-0.1, -0.05) is 17.7 Å². The van der Waals surface area contributed by atoms with Crippen molar-refractivity contribution in [2.24, 2.45) is 0 Å². The molecule has 0 bridgehead atoms. The van der Waals surface area contributed by atoms with E-state index < -0.39 is 11.4 Å². The smallest absolute Gasteiger partial charge is 0.280 e. The maximum Gasteiger partial charge on any atom is 0.280 e. The second-order valence-corrected chi connectivity index (χ2v) is 6.99. The van der Waals surface area contributed by atoms with Gasteiger partial charge in [0.15, 0.2) is 11.4 Å². The van der Waals surface area contributed by atoms with Crippen LogP contribution < -0.4 is 5.56 Å². The molecule has 2 aromatic heterocycles. The molecule has 0 spiro atoms. The number of fused-ring (bicyclic) bond motifs is 3. The summed E-state index contributed by atoms with van der Waals surface area (Å²) < 4.78 is 16.1. The Bertz CT molecular complexity index is 1170. The largest absolute Gasteiger partial charge is 0.505 e. The van der Waals surface area contributed by atoms with Gasteiger partial charge >= 0.3 is 0 Å². The average Bonchev–Trinajstić information content (AvgIpc) is 2.92. The van der Waals surface area contributed by atoms with Gasteiger partial charge in [0.1, 0.15) is 11.2 Å². The molecule has 9 heteroatoms. The first kappa shape index (κ1) is 17.5. The fourth-order valence-electron chi connectivity index (χ4n) is 3.48. The molecule has 27 heavy (non-hydrogen) atoms. The summed E-state index contributed by atoms with van der Waals surface area (Å²) in [5.41, 5.74) is 1.03. The van der Waals surface area contributed by atoms with E-state index in [2.05, 4.69) is 5.10 Å². The Morgan fingerprint density at radius 2 is 2.04 bits per heavy atom. The Labute approximate surface area is 158 Å². The zero-order chi connectivity index (χ0) is 19.5. The molecule has 0 atom stereocenters. The second-order valence-electron chi connectivity index (χ2n) is 6.58. The third-order valence-corrected chi connectivity index (χ3v) is 5.19. The third-order valence-electron chi connectivity index (χ3n) is 4.84. The number of rotatable bonds is 2. The number of likely N-dealkylation sites (N-methyl/N-ethyl adjacent to an activating group) is 1. The number of hydrogen-bond donors (Lipinski definition) is 1. The Kier molecular flexibility index (Phi) is 3.96. The van der Waals surface area contributed by atoms with Gasteiger partial charge in [0, 0.05) is 25.2 Å². The number of aryl methyl sites for hydroxylation is 1. The highest BCUT2D eigenvalue weighted by Gasteiger charge is 2.31. The van der Waals surface area contributed by atoms with E-state index in [1.54, 1.807) is 18.5 Å². The van der Waals surface area contributed by atoms with Crippen LogP contribution in [-0.4, -0.2) is 43.9 Å². The summed E-state index contributed by atoms with van der Waals surface area (Å²) in [7, 11) is 1.64. The van der Waals surface area contributed by atoms with Gasteiger partial charge in [-0.2, -0.15) is 5.10 Å². The van der Waals surface area contributed by atoms with Crippen LogP contribution in [0.3, 0.4) is 0 Å². The maximum absolute atomic E-state index is 13.2. The number of aromatic nitrogens is 3. The number of amides is 1. The van der Waals surface area contributed by atoms with Crippen LogP contribution in [0, 0.1) is 12.7 Å². The van der Waals surface area contributed by atoms with Gasteiger partial charge in [0.2, 0.25) is 0 Å². The molecule has 1 aliphatic rings. The van der Waals surface area contributed by atoms with Crippen molar-refractivity contribution in [3.05, 3.63) is 56.3 Å². The fourth-order valence-corrected chi connectivity index (χ4v) is 3.70. The highest BCUT2D eigenvalue weighted by atomic mass is 35.5. The molecular formula is C18H16ClFN4O3. The Morgan fingerprint density at radius 1 is 1.30 bits per heavy atom. The van der Waals surface area contributed by atoms with Gasteiger partial charge in [-0.05, 0) is 24.6 Å². The predicted molar refractivity (Wildman–Crippen MR) is 97.9 cm³/mol. The van der Waals surface area contributed by atoms with E-state index in [0.29, 0.717) is 29.9 Å². The van der Waals surface area contributed by atoms with Crippen LogP contribution in [-0.2, 0) is 13.1 Å². The van der Waals surface area contributed by atoms with Crippen LogP contribution in [0.1, 0.15) is 21.7 Å².